The minimum Gasteiger partial charge on any atom is -0.332 e. The second-order valence-electron chi connectivity index (χ2n) is 5.77. The fraction of sp³-hybridized carbons (Fsp3) is 0.438. The van der Waals surface area contributed by atoms with E-state index >= 15 is 0 Å². The van der Waals surface area contributed by atoms with Crippen molar-refractivity contribution in [3.05, 3.63) is 45.1 Å². The average Bonchev–Trinajstić information content (AvgIpc) is 3.19. The van der Waals surface area contributed by atoms with E-state index in [1.54, 1.807) is 23.5 Å². The molecule has 1 atom stereocenters. The molecule has 0 radical (unpaired) electrons. The first-order chi connectivity index (χ1) is 11.1. The number of carbonyl (C=O) groups is 1. The number of hydrogen-bond donors (Lipinski definition) is 1. The Morgan fingerprint density at radius 1 is 1.48 bits per heavy atom. The molecule has 3 heterocycles. The molecule has 7 heteroatoms. The largest absolute Gasteiger partial charge is 0.332 e. The lowest BCUT2D eigenvalue weighted by Crippen LogP contribution is -2.36. The van der Waals surface area contributed by atoms with Crippen LogP contribution in [0.4, 0.5) is 0 Å². The van der Waals surface area contributed by atoms with Crippen LogP contribution in [0.25, 0.3) is 0 Å². The van der Waals surface area contributed by atoms with Gasteiger partial charge in [0.05, 0.1) is 22.8 Å². The fourth-order valence-corrected chi connectivity index (χ4v) is 3.62. The molecule has 0 spiro atoms. The molecule has 1 aliphatic rings. The summed E-state index contributed by atoms with van der Waals surface area (Å²) in [6.45, 7) is 5.26. The number of thiazole rings is 1. The zero-order valence-electron chi connectivity index (χ0n) is 13.0. The van der Waals surface area contributed by atoms with Gasteiger partial charge in [-0.3, -0.25) is 4.79 Å². The van der Waals surface area contributed by atoms with Crippen molar-refractivity contribution in [2.75, 3.05) is 19.6 Å². The Morgan fingerprint density at radius 2 is 2.35 bits per heavy atom. The molecule has 2 aromatic rings. The molecule has 0 unspecified atom stereocenters. The van der Waals surface area contributed by atoms with Crippen LogP contribution >= 0.6 is 22.9 Å². The van der Waals surface area contributed by atoms with Crippen LogP contribution in [0.5, 0.6) is 0 Å². The van der Waals surface area contributed by atoms with E-state index in [4.69, 9.17) is 11.6 Å². The second-order valence-corrected chi connectivity index (χ2v) is 7.14. The van der Waals surface area contributed by atoms with Gasteiger partial charge in [-0.15, -0.1) is 11.3 Å². The number of pyridine rings is 1. The van der Waals surface area contributed by atoms with E-state index in [9.17, 15) is 4.79 Å². The van der Waals surface area contributed by atoms with Gasteiger partial charge in [0.2, 0.25) is 0 Å². The Balaban J connectivity index is 1.79. The maximum absolute atomic E-state index is 12.9. The zero-order chi connectivity index (χ0) is 16.2. The van der Waals surface area contributed by atoms with Gasteiger partial charge in [-0.25, -0.2) is 9.97 Å². The van der Waals surface area contributed by atoms with E-state index in [1.165, 1.54) is 6.20 Å². The summed E-state index contributed by atoms with van der Waals surface area (Å²) in [5.41, 5.74) is 3.24. The third-order valence-corrected chi connectivity index (χ3v) is 5.20. The van der Waals surface area contributed by atoms with Gasteiger partial charge < -0.3 is 10.2 Å². The standard InChI is InChI=1S/C16H19ClN4OS/c1-11-15(23-10-20-11)9-21(8-12-4-5-18-6-12)16(22)14-3-2-13(17)7-19-14/h2-3,7,10,12,18H,4-6,8-9H2,1H3/t12-/m1/s1. The minimum absolute atomic E-state index is 0.0543. The predicted molar refractivity (Wildman–Crippen MR) is 91.8 cm³/mol. The molecule has 1 fully saturated rings. The number of aromatic nitrogens is 2. The summed E-state index contributed by atoms with van der Waals surface area (Å²) >= 11 is 7.46. The fourth-order valence-electron chi connectivity index (χ4n) is 2.72. The van der Waals surface area contributed by atoms with E-state index in [-0.39, 0.29) is 5.91 Å². The van der Waals surface area contributed by atoms with Gasteiger partial charge in [0.15, 0.2) is 0 Å². The Kier molecular flexibility index (Phi) is 5.25. The van der Waals surface area contributed by atoms with Crippen molar-refractivity contribution in [2.24, 2.45) is 5.92 Å². The average molecular weight is 351 g/mol. The zero-order valence-corrected chi connectivity index (χ0v) is 14.5. The van der Waals surface area contributed by atoms with Crippen molar-refractivity contribution in [3.8, 4) is 0 Å². The van der Waals surface area contributed by atoms with Gasteiger partial charge in [-0.1, -0.05) is 11.6 Å². The van der Waals surface area contributed by atoms with Crippen molar-refractivity contribution in [1.29, 1.82) is 0 Å². The minimum atomic E-state index is -0.0543. The molecule has 1 saturated heterocycles. The number of carbonyl (C=O) groups excluding carboxylic acids is 1. The molecular weight excluding hydrogens is 332 g/mol. The molecule has 1 N–H and O–H groups in total. The van der Waals surface area contributed by atoms with Crippen LogP contribution in [0.3, 0.4) is 0 Å². The quantitative estimate of drug-likeness (QED) is 0.900. The van der Waals surface area contributed by atoms with E-state index in [0.717, 1.165) is 36.6 Å². The van der Waals surface area contributed by atoms with E-state index in [0.29, 0.717) is 23.2 Å². The molecule has 0 bridgehead atoms. The van der Waals surface area contributed by atoms with Crippen LogP contribution in [-0.4, -0.2) is 40.4 Å². The van der Waals surface area contributed by atoms with E-state index < -0.39 is 0 Å². The highest BCUT2D eigenvalue weighted by molar-refractivity contribution is 7.09. The number of rotatable bonds is 5. The first kappa shape index (κ1) is 16.4. The highest BCUT2D eigenvalue weighted by atomic mass is 35.5. The molecule has 5 nitrogen and oxygen atoms in total. The topological polar surface area (TPSA) is 58.1 Å². The maximum Gasteiger partial charge on any atom is 0.272 e. The second kappa shape index (κ2) is 7.38. The number of nitrogens with one attached hydrogen (secondary N) is 1. The molecule has 1 amide bonds. The summed E-state index contributed by atoms with van der Waals surface area (Å²) in [4.78, 5) is 24.3. The lowest BCUT2D eigenvalue weighted by Gasteiger charge is -2.25. The van der Waals surface area contributed by atoms with Crippen LogP contribution in [-0.2, 0) is 6.54 Å². The van der Waals surface area contributed by atoms with Crippen LogP contribution in [0.2, 0.25) is 5.02 Å². The monoisotopic (exact) mass is 350 g/mol. The number of aryl methyl sites for hydroxylation is 1. The summed E-state index contributed by atoms with van der Waals surface area (Å²) in [7, 11) is 0. The third-order valence-electron chi connectivity index (χ3n) is 4.05. The normalized spacial score (nSPS) is 17.4. The summed E-state index contributed by atoms with van der Waals surface area (Å²) in [6.07, 6.45) is 2.61. The lowest BCUT2D eigenvalue weighted by atomic mass is 10.1. The van der Waals surface area contributed by atoms with E-state index in [1.807, 2.05) is 17.3 Å². The SMILES string of the molecule is Cc1ncsc1CN(C[C@@H]1CCNC1)C(=O)c1ccc(Cl)cn1. The number of amides is 1. The van der Waals surface area contributed by atoms with Crippen molar-refractivity contribution in [1.82, 2.24) is 20.2 Å². The molecule has 0 aliphatic carbocycles. The smallest absolute Gasteiger partial charge is 0.272 e. The lowest BCUT2D eigenvalue weighted by molar-refractivity contribution is 0.0714. The van der Waals surface area contributed by atoms with Crippen molar-refractivity contribution in [2.45, 2.75) is 19.9 Å². The first-order valence-corrected chi connectivity index (χ1v) is 8.89. The van der Waals surface area contributed by atoms with Gasteiger partial charge in [-0.2, -0.15) is 0 Å². The van der Waals surface area contributed by atoms with Gasteiger partial charge in [0.25, 0.3) is 5.91 Å². The Bertz CT molecular complexity index is 667. The summed E-state index contributed by atoms with van der Waals surface area (Å²) in [5.74, 6) is 0.431. The Labute approximate surface area is 144 Å². The van der Waals surface area contributed by atoms with Gasteiger partial charge >= 0.3 is 0 Å². The molecular formula is C16H19ClN4OS. The number of hydrogen-bond acceptors (Lipinski definition) is 5. The van der Waals surface area contributed by atoms with Gasteiger partial charge in [0.1, 0.15) is 5.69 Å². The predicted octanol–water partition coefficient (Wildman–Crippen LogP) is 2.75. The van der Waals surface area contributed by atoms with Crippen molar-refractivity contribution >= 4 is 28.8 Å². The van der Waals surface area contributed by atoms with Crippen LogP contribution in [0.15, 0.2) is 23.8 Å². The molecule has 23 heavy (non-hydrogen) atoms. The Morgan fingerprint density at radius 3 is 2.96 bits per heavy atom. The van der Waals surface area contributed by atoms with Gasteiger partial charge in [0, 0.05) is 17.6 Å². The number of halogens is 1. The Hall–Kier alpha value is -1.50. The van der Waals surface area contributed by atoms with Crippen LogP contribution < -0.4 is 5.32 Å². The number of nitrogens with zero attached hydrogens (tertiary/aromatic N) is 3. The van der Waals surface area contributed by atoms with E-state index in [2.05, 4.69) is 15.3 Å². The van der Waals surface area contributed by atoms with Crippen molar-refractivity contribution in [3.63, 3.8) is 0 Å². The highest BCUT2D eigenvalue weighted by Crippen LogP contribution is 2.20. The molecule has 122 valence electrons. The molecule has 0 aromatic carbocycles. The molecule has 0 saturated carbocycles. The maximum atomic E-state index is 12.9. The molecule has 1 aliphatic heterocycles. The van der Waals surface area contributed by atoms with Gasteiger partial charge in [-0.05, 0) is 44.5 Å². The summed E-state index contributed by atoms with van der Waals surface area (Å²) in [6, 6.07) is 3.39. The summed E-state index contributed by atoms with van der Waals surface area (Å²) < 4.78 is 0. The van der Waals surface area contributed by atoms with Crippen molar-refractivity contribution < 1.29 is 4.79 Å². The van der Waals surface area contributed by atoms with Crippen LogP contribution in [0.1, 0.15) is 27.5 Å². The van der Waals surface area contributed by atoms with Crippen LogP contribution in [0, 0.1) is 12.8 Å². The highest BCUT2D eigenvalue weighted by Gasteiger charge is 2.24. The summed E-state index contributed by atoms with van der Waals surface area (Å²) in [5, 5.41) is 3.89. The third kappa shape index (κ3) is 4.07. The molecule has 2 aromatic heterocycles. The first-order valence-electron chi connectivity index (χ1n) is 7.64. The molecule has 3 rings (SSSR count).